The van der Waals surface area contributed by atoms with Gasteiger partial charge in [-0.05, 0) is 42.4 Å². The van der Waals surface area contributed by atoms with Crippen LogP contribution in [0.5, 0.6) is 0 Å². The fraction of sp³-hybridized carbons (Fsp3) is 0.280. The number of aromatic nitrogens is 3. The summed E-state index contributed by atoms with van der Waals surface area (Å²) in [7, 11) is 1.94. The lowest BCUT2D eigenvalue weighted by atomic mass is 10.1. The first-order valence-corrected chi connectivity index (χ1v) is 11.4. The molecular weight excluding hydrogens is 438 g/mol. The summed E-state index contributed by atoms with van der Waals surface area (Å²) in [6.07, 6.45) is 5.80. The van der Waals surface area contributed by atoms with Crippen molar-refractivity contribution in [1.29, 1.82) is 0 Å². The van der Waals surface area contributed by atoms with Crippen molar-refractivity contribution in [2.24, 2.45) is 0 Å². The molecule has 3 aromatic heterocycles. The number of nitrogens with zero attached hydrogens (tertiary/aromatic N) is 3. The van der Waals surface area contributed by atoms with Crippen molar-refractivity contribution in [1.82, 2.24) is 19.9 Å². The fourth-order valence-corrected chi connectivity index (χ4v) is 4.56. The summed E-state index contributed by atoms with van der Waals surface area (Å²) in [5.41, 5.74) is 4.61. The number of hydrogen-bond acceptors (Lipinski definition) is 5. The van der Waals surface area contributed by atoms with E-state index in [1.165, 1.54) is 0 Å². The highest BCUT2D eigenvalue weighted by molar-refractivity contribution is 6.30. The molecule has 8 heteroatoms. The van der Waals surface area contributed by atoms with Crippen LogP contribution in [0.4, 0.5) is 5.69 Å². The van der Waals surface area contributed by atoms with Gasteiger partial charge in [-0.2, -0.15) is 0 Å². The first-order chi connectivity index (χ1) is 16.1. The molecule has 0 bridgehead atoms. The van der Waals surface area contributed by atoms with E-state index in [0.29, 0.717) is 18.2 Å². The minimum atomic E-state index is -0.0611. The maximum atomic E-state index is 12.8. The van der Waals surface area contributed by atoms with Gasteiger partial charge in [0.05, 0.1) is 31.1 Å². The van der Waals surface area contributed by atoms with Gasteiger partial charge in [-0.25, -0.2) is 4.98 Å². The number of fused-ring (bicyclic) bond motifs is 1. The highest BCUT2D eigenvalue weighted by Gasteiger charge is 2.21. The zero-order valence-electron chi connectivity index (χ0n) is 18.4. The number of likely N-dealkylation sites (N-methyl/N-ethyl adjacent to an activating group) is 1. The molecule has 1 aliphatic rings. The molecule has 1 unspecified atom stereocenters. The van der Waals surface area contributed by atoms with Gasteiger partial charge < -0.3 is 24.5 Å². The van der Waals surface area contributed by atoms with Crippen molar-refractivity contribution in [3.63, 3.8) is 0 Å². The Bertz CT molecular complexity index is 1330. The van der Waals surface area contributed by atoms with Crippen molar-refractivity contribution in [2.75, 3.05) is 38.2 Å². The van der Waals surface area contributed by atoms with Gasteiger partial charge in [-0.3, -0.25) is 4.79 Å². The number of benzene rings is 1. The highest BCUT2D eigenvalue weighted by atomic mass is 35.5. The molecular formula is C25H26ClN5O2. The van der Waals surface area contributed by atoms with Crippen LogP contribution in [0.1, 0.15) is 5.56 Å². The van der Waals surface area contributed by atoms with Crippen molar-refractivity contribution in [3.05, 3.63) is 82.0 Å². The minimum absolute atomic E-state index is 0.0611. The van der Waals surface area contributed by atoms with Crippen molar-refractivity contribution >= 4 is 28.3 Å². The highest BCUT2D eigenvalue weighted by Crippen LogP contribution is 2.30. The first-order valence-electron chi connectivity index (χ1n) is 11.0. The molecule has 2 N–H and O–H groups in total. The van der Waals surface area contributed by atoms with Gasteiger partial charge in [0.1, 0.15) is 5.65 Å². The Labute approximate surface area is 197 Å². The summed E-state index contributed by atoms with van der Waals surface area (Å²) < 4.78 is 7.52. The van der Waals surface area contributed by atoms with Gasteiger partial charge in [-0.15, -0.1) is 0 Å². The minimum Gasteiger partial charge on any atom is -0.373 e. The topological polar surface area (TPSA) is 75.2 Å². The standard InChI is InChI=1S/C25H26ClN5O2/c1-27-13-21-16-30(7-8-33-21)20-11-22-23(14-29-25(22)28-12-20)18-5-6-31(24(32)10-18)15-17-3-2-4-19(26)9-17/h2-6,9-12,14,21,27H,7-8,13,15-16H2,1H3,(H,28,29). The zero-order chi connectivity index (χ0) is 22.8. The number of halogens is 1. The lowest BCUT2D eigenvalue weighted by Crippen LogP contribution is -2.46. The third kappa shape index (κ3) is 4.66. The van der Waals surface area contributed by atoms with Gasteiger partial charge in [-0.1, -0.05) is 23.7 Å². The van der Waals surface area contributed by atoms with Gasteiger partial charge in [0.25, 0.3) is 5.56 Å². The van der Waals surface area contributed by atoms with E-state index in [0.717, 1.165) is 53.0 Å². The van der Waals surface area contributed by atoms with Crippen LogP contribution in [-0.2, 0) is 11.3 Å². The Kier molecular flexibility index (Phi) is 6.17. The summed E-state index contributed by atoms with van der Waals surface area (Å²) in [4.78, 5) is 23.0. The van der Waals surface area contributed by atoms with Gasteiger partial charge in [0, 0.05) is 54.1 Å². The van der Waals surface area contributed by atoms with E-state index in [4.69, 9.17) is 16.3 Å². The van der Waals surface area contributed by atoms with E-state index in [9.17, 15) is 4.79 Å². The molecule has 0 spiro atoms. The number of hydrogen-bond donors (Lipinski definition) is 2. The average Bonchev–Trinajstić information content (AvgIpc) is 3.24. The van der Waals surface area contributed by atoms with E-state index in [-0.39, 0.29) is 11.7 Å². The predicted molar refractivity (Wildman–Crippen MR) is 132 cm³/mol. The number of ether oxygens (including phenoxy) is 1. The molecule has 5 rings (SSSR count). The summed E-state index contributed by atoms with van der Waals surface area (Å²) in [5.74, 6) is 0. The van der Waals surface area contributed by atoms with Crippen LogP contribution in [0, 0.1) is 0 Å². The van der Waals surface area contributed by atoms with E-state index in [1.807, 2.05) is 56.0 Å². The molecule has 0 radical (unpaired) electrons. The Morgan fingerprint density at radius 1 is 1.27 bits per heavy atom. The van der Waals surface area contributed by atoms with Crippen LogP contribution in [0.2, 0.25) is 5.02 Å². The molecule has 1 aliphatic heterocycles. The molecule has 0 saturated carbocycles. The summed E-state index contributed by atoms with van der Waals surface area (Å²) >= 11 is 6.08. The Hall–Kier alpha value is -3.13. The van der Waals surface area contributed by atoms with Crippen molar-refractivity contribution < 1.29 is 4.74 Å². The number of pyridine rings is 2. The molecule has 1 fully saturated rings. The van der Waals surface area contributed by atoms with Crippen LogP contribution in [0.25, 0.3) is 22.2 Å². The van der Waals surface area contributed by atoms with E-state index < -0.39 is 0 Å². The molecule has 1 atom stereocenters. The van der Waals surface area contributed by atoms with Crippen LogP contribution < -0.4 is 15.8 Å². The first kappa shape index (κ1) is 21.7. The number of morpholine rings is 1. The number of anilines is 1. The van der Waals surface area contributed by atoms with Crippen molar-refractivity contribution in [3.8, 4) is 11.1 Å². The second kappa shape index (κ2) is 9.39. The molecule has 4 heterocycles. The van der Waals surface area contributed by atoms with Crippen LogP contribution >= 0.6 is 11.6 Å². The summed E-state index contributed by atoms with van der Waals surface area (Å²) in [6.45, 7) is 3.62. The molecule has 4 aromatic rings. The zero-order valence-corrected chi connectivity index (χ0v) is 19.2. The van der Waals surface area contributed by atoms with E-state index in [1.54, 1.807) is 10.6 Å². The number of H-pyrrole nitrogens is 1. The van der Waals surface area contributed by atoms with E-state index in [2.05, 4.69) is 26.3 Å². The Balaban J connectivity index is 1.43. The predicted octanol–water partition coefficient (Wildman–Crippen LogP) is 3.52. The van der Waals surface area contributed by atoms with Gasteiger partial charge in [0.15, 0.2) is 0 Å². The SMILES string of the molecule is CNCC1CN(c2cnc3[nH]cc(-c4ccn(Cc5cccc(Cl)c5)c(=O)c4)c3c2)CCO1. The van der Waals surface area contributed by atoms with Crippen LogP contribution in [0.15, 0.2) is 65.8 Å². The Morgan fingerprint density at radius 3 is 3.00 bits per heavy atom. The Morgan fingerprint density at radius 2 is 2.18 bits per heavy atom. The maximum absolute atomic E-state index is 12.8. The molecule has 33 heavy (non-hydrogen) atoms. The third-order valence-electron chi connectivity index (χ3n) is 6.00. The van der Waals surface area contributed by atoms with E-state index >= 15 is 0 Å². The lowest BCUT2D eigenvalue weighted by molar-refractivity contribution is 0.0421. The van der Waals surface area contributed by atoms with Crippen LogP contribution in [-0.4, -0.2) is 53.9 Å². The van der Waals surface area contributed by atoms with Gasteiger partial charge in [0.2, 0.25) is 0 Å². The lowest BCUT2D eigenvalue weighted by Gasteiger charge is -2.34. The molecule has 1 saturated heterocycles. The van der Waals surface area contributed by atoms with Gasteiger partial charge >= 0.3 is 0 Å². The largest absolute Gasteiger partial charge is 0.373 e. The quantitative estimate of drug-likeness (QED) is 0.457. The fourth-order valence-electron chi connectivity index (χ4n) is 4.35. The average molecular weight is 464 g/mol. The summed E-state index contributed by atoms with van der Waals surface area (Å²) in [5, 5.41) is 4.84. The molecule has 1 aromatic carbocycles. The normalized spacial score (nSPS) is 16.4. The number of aromatic amines is 1. The second-order valence-electron chi connectivity index (χ2n) is 8.30. The molecule has 7 nitrogen and oxygen atoms in total. The number of rotatable bonds is 6. The molecule has 0 aliphatic carbocycles. The molecule has 170 valence electrons. The van der Waals surface area contributed by atoms with Crippen molar-refractivity contribution in [2.45, 2.75) is 12.6 Å². The number of nitrogens with one attached hydrogen (secondary N) is 2. The molecule has 0 amide bonds. The summed E-state index contributed by atoms with van der Waals surface area (Å²) in [6, 6.07) is 13.4. The third-order valence-corrected chi connectivity index (χ3v) is 6.24. The van der Waals surface area contributed by atoms with Crippen LogP contribution in [0.3, 0.4) is 0 Å². The monoisotopic (exact) mass is 463 g/mol. The second-order valence-corrected chi connectivity index (χ2v) is 8.74. The maximum Gasteiger partial charge on any atom is 0.251 e. The smallest absolute Gasteiger partial charge is 0.251 e.